The Bertz CT molecular complexity index is 363. The van der Waals surface area contributed by atoms with E-state index in [1.165, 1.54) is 0 Å². The fourth-order valence-corrected chi connectivity index (χ4v) is 0.979. The zero-order chi connectivity index (χ0) is 10.7. The van der Waals surface area contributed by atoms with Crippen LogP contribution in [0.15, 0.2) is 12.1 Å². The summed E-state index contributed by atoms with van der Waals surface area (Å²) in [6.07, 6.45) is 0. The Kier molecular flexibility index (Phi) is 3.14. The first-order valence-corrected chi connectivity index (χ1v) is 3.77. The molecule has 1 aromatic rings. The maximum absolute atomic E-state index is 13.1. The van der Waals surface area contributed by atoms with Crippen molar-refractivity contribution in [2.75, 3.05) is 7.11 Å². The molecule has 5 heteroatoms. The van der Waals surface area contributed by atoms with Crippen LogP contribution in [0.2, 0.25) is 0 Å². The van der Waals surface area contributed by atoms with Gasteiger partial charge in [0.2, 0.25) is 0 Å². The zero-order valence-electron chi connectivity index (χ0n) is 7.38. The minimum Gasteiger partial charge on any atom is -0.465 e. The van der Waals surface area contributed by atoms with Gasteiger partial charge in [0.15, 0.2) is 11.6 Å². The van der Waals surface area contributed by atoms with Crippen molar-refractivity contribution in [1.29, 1.82) is 0 Å². The highest BCUT2D eigenvalue weighted by molar-refractivity contribution is 5.89. The molecule has 0 aromatic heterocycles. The molecule has 0 aliphatic carbocycles. The lowest BCUT2D eigenvalue weighted by Gasteiger charge is -2.04. The normalized spacial score (nSPS) is 10.0. The van der Waals surface area contributed by atoms with Gasteiger partial charge in [-0.2, -0.15) is 0 Å². The third-order valence-corrected chi connectivity index (χ3v) is 1.74. The fourth-order valence-electron chi connectivity index (χ4n) is 0.979. The summed E-state index contributed by atoms with van der Waals surface area (Å²) in [6.45, 7) is -0.621. The van der Waals surface area contributed by atoms with Crippen molar-refractivity contribution in [3.63, 3.8) is 0 Å². The van der Waals surface area contributed by atoms with Gasteiger partial charge in [-0.3, -0.25) is 0 Å². The second-order valence-electron chi connectivity index (χ2n) is 2.55. The summed E-state index contributed by atoms with van der Waals surface area (Å²) in [5, 5.41) is 8.61. The van der Waals surface area contributed by atoms with Crippen molar-refractivity contribution < 1.29 is 23.4 Å². The van der Waals surface area contributed by atoms with Crippen LogP contribution in [0.1, 0.15) is 15.9 Å². The smallest absolute Gasteiger partial charge is 0.340 e. The predicted octanol–water partition coefficient (Wildman–Crippen LogP) is 1.24. The van der Waals surface area contributed by atoms with Gasteiger partial charge in [-0.15, -0.1) is 0 Å². The van der Waals surface area contributed by atoms with Crippen molar-refractivity contribution in [1.82, 2.24) is 0 Å². The molecule has 0 aliphatic heterocycles. The van der Waals surface area contributed by atoms with Crippen LogP contribution in [0.5, 0.6) is 0 Å². The number of carbonyl (C=O) groups excluding carboxylic acids is 1. The molecule has 76 valence electrons. The molecular weight excluding hydrogens is 194 g/mol. The Morgan fingerprint density at radius 3 is 2.57 bits per heavy atom. The van der Waals surface area contributed by atoms with Crippen LogP contribution < -0.4 is 0 Å². The first-order chi connectivity index (χ1) is 6.61. The Hall–Kier alpha value is -1.49. The third kappa shape index (κ3) is 1.72. The average Bonchev–Trinajstić information content (AvgIpc) is 2.21. The molecule has 0 bridgehead atoms. The van der Waals surface area contributed by atoms with Crippen LogP contribution in [0, 0.1) is 11.6 Å². The van der Waals surface area contributed by atoms with Crippen LogP contribution >= 0.6 is 0 Å². The predicted molar refractivity (Wildman–Crippen MR) is 43.6 cm³/mol. The Labute approximate surface area is 78.9 Å². The molecule has 0 fully saturated rings. The van der Waals surface area contributed by atoms with Gasteiger partial charge in [0, 0.05) is 5.56 Å². The van der Waals surface area contributed by atoms with Crippen LogP contribution in [-0.2, 0) is 11.3 Å². The van der Waals surface area contributed by atoms with E-state index in [0.29, 0.717) is 0 Å². The number of hydrogen-bond donors (Lipinski definition) is 1. The highest BCUT2D eigenvalue weighted by Gasteiger charge is 2.18. The lowest BCUT2D eigenvalue weighted by atomic mass is 10.1. The highest BCUT2D eigenvalue weighted by atomic mass is 19.2. The lowest BCUT2D eigenvalue weighted by molar-refractivity contribution is 0.0594. The number of carbonyl (C=O) groups is 1. The number of aliphatic hydroxyl groups excluding tert-OH is 1. The van der Waals surface area contributed by atoms with Crippen LogP contribution in [0.25, 0.3) is 0 Å². The molecule has 1 aromatic carbocycles. The Balaban J connectivity index is 3.24. The van der Waals surface area contributed by atoms with E-state index in [9.17, 15) is 13.6 Å². The van der Waals surface area contributed by atoms with Gasteiger partial charge in [0.1, 0.15) is 0 Å². The number of methoxy groups -OCH3 is 1. The summed E-state index contributed by atoms with van der Waals surface area (Å²) >= 11 is 0. The monoisotopic (exact) mass is 202 g/mol. The van der Waals surface area contributed by atoms with Gasteiger partial charge >= 0.3 is 5.97 Å². The molecule has 0 unspecified atom stereocenters. The molecule has 0 saturated heterocycles. The van der Waals surface area contributed by atoms with Gasteiger partial charge < -0.3 is 9.84 Å². The van der Waals surface area contributed by atoms with E-state index in [4.69, 9.17) is 5.11 Å². The maximum Gasteiger partial charge on any atom is 0.340 e. The van der Waals surface area contributed by atoms with Gasteiger partial charge in [0.05, 0.1) is 19.3 Å². The second kappa shape index (κ2) is 4.15. The number of aliphatic hydroxyl groups is 1. The zero-order valence-corrected chi connectivity index (χ0v) is 7.38. The van der Waals surface area contributed by atoms with Crippen molar-refractivity contribution in [2.45, 2.75) is 6.61 Å². The summed E-state index contributed by atoms with van der Waals surface area (Å²) in [4.78, 5) is 10.9. The summed E-state index contributed by atoms with van der Waals surface area (Å²) in [5.74, 6) is -3.48. The van der Waals surface area contributed by atoms with E-state index in [2.05, 4.69) is 4.74 Å². The fraction of sp³-hybridized carbons (Fsp3) is 0.222. The van der Waals surface area contributed by atoms with E-state index < -0.39 is 29.8 Å². The molecule has 0 spiro atoms. The maximum atomic E-state index is 13.1. The Morgan fingerprint density at radius 1 is 1.43 bits per heavy atom. The minimum absolute atomic E-state index is 0.199. The van der Waals surface area contributed by atoms with Gasteiger partial charge in [-0.25, -0.2) is 13.6 Å². The molecule has 0 amide bonds. The molecule has 1 rings (SSSR count). The van der Waals surface area contributed by atoms with Crippen molar-refractivity contribution >= 4 is 5.97 Å². The molecule has 0 saturated carbocycles. The van der Waals surface area contributed by atoms with Crippen LogP contribution in [0.4, 0.5) is 8.78 Å². The number of rotatable bonds is 2. The minimum atomic E-state index is -1.30. The van der Waals surface area contributed by atoms with E-state index in [-0.39, 0.29) is 5.56 Å². The van der Waals surface area contributed by atoms with Gasteiger partial charge in [0.25, 0.3) is 0 Å². The second-order valence-corrected chi connectivity index (χ2v) is 2.55. The first kappa shape index (κ1) is 10.6. The van der Waals surface area contributed by atoms with E-state index in [1.54, 1.807) is 0 Å². The van der Waals surface area contributed by atoms with Crippen LogP contribution in [-0.4, -0.2) is 18.2 Å². The van der Waals surface area contributed by atoms with E-state index >= 15 is 0 Å². The molecule has 0 radical (unpaired) electrons. The number of esters is 1. The number of hydrogen-bond acceptors (Lipinski definition) is 3. The van der Waals surface area contributed by atoms with Crippen LogP contribution in [0.3, 0.4) is 0 Å². The largest absolute Gasteiger partial charge is 0.465 e. The standard InChI is InChI=1S/C9H8F2O3/c1-14-9(13)6-3-2-5(4-12)7(10)8(6)11/h2-3,12H,4H2,1H3. The molecular formula is C9H8F2O3. The number of halogens is 2. The molecule has 1 N–H and O–H groups in total. The van der Waals surface area contributed by atoms with E-state index in [0.717, 1.165) is 19.2 Å². The molecule has 14 heavy (non-hydrogen) atoms. The quantitative estimate of drug-likeness (QED) is 0.734. The van der Waals surface area contributed by atoms with Crippen molar-refractivity contribution in [3.8, 4) is 0 Å². The Morgan fingerprint density at radius 2 is 2.07 bits per heavy atom. The van der Waals surface area contributed by atoms with Crippen molar-refractivity contribution in [2.24, 2.45) is 0 Å². The highest BCUT2D eigenvalue weighted by Crippen LogP contribution is 2.16. The molecule has 0 aliphatic rings. The SMILES string of the molecule is COC(=O)c1ccc(CO)c(F)c1F. The average molecular weight is 202 g/mol. The first-order valence-electron chi connectivity index (χ1n) is 3.77. The van der Waals surface area contributed by atoms with E-state index in [1.807, 2.05) is 0 Å². The van der Waals surface area contributed by atoms with Gasteiger partial charge in [-0.1, -0.05) is 6.07 Å². The van der Waals surface area contributed by atoms with Gasteiger partial charge in [-0.05, 0) is 6.07 Å². The number of benzene rings is 1. The summed E-state index contributed by atoms with van der Waals surface area (Å²) in [7, 11) is 1.07. The lowest BCUT2D eigenvalue weighted by Crippen LogP contribution is -2.07. The summed E-state index contributed by atoms with van der Waals surface area (Å²) in [5.41, 5.74) is -0.683. The van der Waals surface area contributed by atoms with Crippen molar-refractivity contribution in [3.05, 3.63) is 34.9 Å². The topological polar surface area (TPSA) is 46.5 Å². The molecule has 0 atom stereocenters. The molecule has 0 heterocycles. The summed E-state index contributed by atoms with van der Waals surface area (Å²) < 4.78 is 30.4. The summed E-state index contributed by atoms with van der Waals surface area (Å²) in [6, 6.07) is 2.19. The number of ether oxygens (including phenoxy) is 1. The molecule has 3 nitrogen and oxygen atoms in total. The third-order valence-electron chi connectivity index (χ3n) is 1.74.